The molecule has 62 heavy (non-hydrogen) atoms. The number of aromatic nitrogens is 2. The lowest BCUT2D eigenvalue weighted by atomic mass is 9.75. The Balaban J connectivity index is 0.954. The second-order valence-corrected chi connectivity index (χ2v) is 18.3. The Hall–Kier alpha value is -5.57. The van der Waals surface area contributed by atoms with Crippen LogP contribution in [0.2, 0.25) is 0 Å². The Morgan fingerprint density at radius 2 is 1.94 bits per heavy atom. The topological polar surface area (TPSA) is 191 Å². The first-order chi connectivity index (χ1) is 29.8. The van der Waals surface area contributed by atoms with Crippen LogP contribution in [0.3, 0.4) is 0 Å². The molecule has 5 aliphatic heterocycles. The number of nitrogens with one attached hydrogen (secondary N) is 3. The van der Waals surface area contributed by atoms with Crippen molar-refractivity contribution in [1.29, 1.82) is 0 Å². The summed E-state index contributed by atoms with van der Waals surface area (Å²) in [5.41, 5.74) is 10.7. The van der Waals surface area contributed by atoms with Crippen molar-refractivity contribution in [3.05, 3.63) is 92.7 Å². The SMILES string of the molecule is CCCCCNc1cc(-c2cc(CC[C@H]3O[C@]34CC[C@@H](CNC)C[C@@H]3c5c(cc6oc(C)cc(=O)c6c5O)OC(C)(C)[C@@H]3OC4=O)cc(N)n2)cc(C[NH+]2C=C3N=CC=C3C2)n1. The molecule has 6 atom stereocenters. The summed E-state index contributed by atoms with van der Waals surface area (Å²) in [5, 5.41) is 18.7. The largest absolute Gasteiger partial charge is 0.507 e. The van der Waals surface area contributed by atoms with Crippen molar-refractivity contribution >= 4 is 34.8 Å². The molecular formula is C48H58N7O7+. The van der Waals surface area contributed by atoms with Gasteiger partial charge in [0.1, 0.15) is 76.6 Å². The van der Waals surface area contributed by atoms with Crippen molar-refractivity contribution in [2.24, 2.45) is 10.9 Å². The van der Waals surface area contributed by atoms with Crippen LogP contribution in [0.15, 0.2) is 74.1 Å². The maximum absolute atomic E-state index is 14.5. The van der Waals surface area contributed by atoms with Crippen LogP contribution in [0.25, 0.3) is 22.2 Å². The molecule has 14 nitrogen and oxygen atoms in total. The van der Waals surface area contributed by atoms with Gasteiger partial charge in [0.25, 0.3) is 0 Å². The normalized spacial score (nSPS) is 25.8. The predicted octanol–water partition coefficient (Wildman–Crippen LogP) is 5.66. The summed E-state index contributed by atoms with van der Waals surface area (Å²) in [5.74, 6) is 1.11. The molecule has 0 radical (unpaired) electrons. The van der Waals surface area contributed by atoms with Gasteiger partial charge in [-0.05, 0) is 115 Å². The second-order valence-electron chi connectivity index (χ2n) is 18.3. The van der Waals surface area contributed by atoms with Crippen LogP contribution >= 0.6 is 0 Å². The third kappa shape index (κ3) is 8.11. The smallest absolute Gasteiger partial charge is 0.341 e. The maximum Gasteiger partial charge on any atom is 0.341 e. The van der Waals surface area contributed by atoms with Gasteiger partial charge >= 0.3 is 5.97 Å². The number of hydrogen-bond acceptors (Lipinski definition) is 13. The molecule has 0 aliphatic carbocycles. The number of benzene rings is 1. The fourth-order valence-corrected chi connectivity index (χ4v) is 10.1. The number of quaternary nitrogens is 1. The summed E-state index contributed by atoms with van der Waals surface area (Å²) >= 11 is 0. The minimum atomic E-state index is -1.12. The van der Waals surface area contributed by atoms with Gasteiger partial charge in [-0.25, -0.2) is 14.8 Å². The highest BCUT2D eigenvalue weighted by Crippen LogP contribution is 2.54. The monoisotopic (exact) mass is 844 g/mol. The number of phenolic OH excluding ortho intramolecular Hbond substituents is 1. The molecule has 5 aliphatic rings. The molecule has 326 valence electrons. The summed E-state index contributed by atoms with van der Waals surface area (Å²) in [6, 6.07) is 11.2. The van der Waals surface area contributed by atoms with Crippen LogP contribution in [-0.4, -0.2) is 77.4 Å². The molecule has 1 spiro atoms. The molecule has 0 bridgehead atoms. The van der Waals surface area contributed by atoms with Gasteiger partial charge in [0.05, 0.1) is 17.5 Å². The zero-order valence-corrected chi connectivity index (χ0v) is 36.3. The van der Waals surface area contributed by atoms with Crippen molar-refractivity contribution in [2.75, 3.05) is 37.7 Å². The first-order valence-corrected chi connectivity index (χ1v) is 22.2. The van der Waals surface area contributed by atoms with E-state index in [0.29, 0.717) is 68.1 Å². The minimum Gasteiger partial charge on any atom is -0.507 e. The highest BCUT2D eigenvalue weighted by molar-refractivity contribution is 5.88. The van der Waals surface area contributed by atoms with E-state index in [-0.39, 0.29) is 34.2 Å². The average molecular weight is 845 g/mol. The zero-order valence-electron chi connectivity index (χ0n) is 36.3. The summed E-state index contributed by atoms with van der Waals surface area (Å²) in [6.07, 6.45) is 11.3. The van der Waals surface area contributed by atoms with E-state index in [1.54, 1.807) is 13.0 Å². The highest BCUT2D eigenvalue weighted by Gasteiger charge is 2.65. The number of anilines is 2. The number of hydrogen-bond donors (Lipinski definition) is 5. The molecule has 0 amide bonds. The van der Waals surface area contributed by atoms with Gasteiger partial charge in [0, 0.05) is 47.5 Å². The van der Waals surface area contributed by atoms with E-state index in [9.17, 15) is 14.7 Å². The predicted molar refractivity (Wildman–Crippen MR) is 237 cm³/mol. The van der Waals surface area contributed by atoms with Crippen LogP contribution in [0.1, 0.15) is 94.2 Å². The summed E-state index contributed by atoms with van der Waals surface area (Å²) in [6.45, 7) is 10.8. The number of allylic oxidation sites excluding steroid dienone is 1. The summed E-state index contributed by atoms with van der Waals surface area (Å²) in [4.78, 5) is 43.2. The van der Waals surface area contributed by atoms with Gasteiger partial charge in [-0.3, -0.25) is 14.7 Å². The minimum absolute atomic E-state index is 0.0927. The number of rotatable bonds is 13. The van der Waals surface area contributed by atoms with Crippen LogP contribution in [0.5, 0.6) is 11.5 Å². The number of nitrogens with zero attached hydrogens (tertiary/aromatic N) is 3. The first kappa shape index (κ1) is 41.8. The fraction of sp³-hybridized carbons (Fsp3) is 0.479. The van der Waals surface area contributed by atoms with Gasteiger partial charge in [-0.1, -0.05) is 19.8 Å². The number of aliphatic imine (C=N–C) groups is 1. The summed E-state index contributed by atoms with van der Waals surface area (Å²) in [7, 11) is 1.91. The highest BCUT2D eigenvalue weighted by atomic mass is 16.7. The molecular weight excluding hydrogens is 787 g/mol. The molecule has 1 aromatic carbocycles. The molecule has 2 fully saturated rings. The molecule has 6 N–H and O–H groups in total. The summed E-state index contributed by atoms with van der Waals surface area (Å²) < 4.78 is 25.3. The van der Waals surface area contributed by atoms with Gasteiger partial charge in [-0.15, -0.1) is 0 Å². The second kappa shape index (κ2) is 16.6. The molecule has 3 aromatic heterocycles. The molecule has 9 rings (SSSR count). The Bertz CT molecular complexity index is 2560. The molecule has 1 unspecified atom stereocenters. The number of ether oxygens (including phenoxy) is 3. The molecule has 14 heteroatoms. The number of nitrogen functional groups attached to an aromatic ring is 1. The number of esters is 1. The van der Waals surface area contributed by atoms with Crippen molar-refractivity contribution in [3.8, 4) is 22.8 Å². The third-order valence-electron chi connectivity index (χ3n) is 13.2. The van der Waals surface area contributed by atoms with E-state index in [2.05, 4.69) is 53.0 Å². The third-order valence-corrected chi connectivity index (χ3v) is 13.2. The van der Waals surface area contributed by atoms with Crippen molar-refractivity contribution in [3.63, 3.8) is 0 Å². The Morgan fingerprint density at radius 1 is 1.08 bits per heavy atom. The van der Waals surface area contributed by atoms with Crippen LogP contribution in [0, 0.1) is 12.8 Å². The molecule has 8 heterocycles. The number of nitrogens with two attached hydrogens (primary N) is 1. The Morgan fingerprint density at radius 3 is 2.74 bits per heavy atom. The van der Waals surface area contributed by atoms with E-state index in [1.807, 2.05) is 33.2 Å². The van der Waals surface area contributed by atoms with Gasteiger partial charge < -0.3 is 40.1 Å². The lowest BCUT2D eigenvalue weighted by Crippen LogP contribution is -3.04. The average Bonchev–Trinajstić information content (AvgIpc) is 3.52. The van der Waals surface area contributed by atoms with Crippen LogP contribution < -0.4 is 31.4 Å². The number of carbonyl (C=O) groups excluding carboxylic acids is 1. The number of fused-ring (bicyclic) bond motifs is 5. The van der Waals surface area contributed by atoms with Crippen LogP contribution in [0.4, 0.5) is 11.6 Å². The number of carbonyl (C=O) groups is 1. The number of aromatic hydroxyl groups is 1. The quantitative estimate of drug-likeness (QED) is 0.0632. The van der Waals surface area contributed by atoms with Gasteiger partial charge in [0.2, 0.25) is 0 Å². The van der Waals surface area contributed by atoms with Gasteiger partial charge in [0.15, 0.2) is 11.0 Å². The van der Waals surface area contributed by atoms with E-state index < -0.39 is 29.2 Å². The molecule has 2 saturated heterocycles. The Kier molecular flexibility index (Phi) is 11.2. The lowest BCUT2D eigenvalue weighted by Gasteiger charge is -2.45. The van der Waals surface area contributed by atoms with E-state index >= 15 is 0 Å². The van der Waals surface area contributed by atoms with E-state index in [4.69, 9.17) is 34.3 Å². The van der Waals surface area contributed by atoms with E-state index in [1.165, 1.54) is 16.5 Å². The molecule has 4 aromatic rings. The zero-order chi connectivity index (χ0) is 43.3. The first-order valence-electron chi connectivity index (χ1n) is 22.2. The number of aryl methyl sites for hydroxylation is 2. The number of epoxide rings is 1. The van der Waals surface area contributed by atoms with Crippen molar-refractivity contribution in [2.45, 2.75) is 115 Å². The number of unbranched alkanes of at least 4 members (excludes halogenated alkanes) is 2. The fourth-order valence-electron chi connectivity index (χ4n) is 10.1. The standard InChI is InChI=1S/C48H57N7O7/c1-6-7-8-14-52-41-21-31(20-32(53-41)25-55-24-30-12-15-51-35(30)26-55)34-18-28(19-40(49)54-34)9-10-39-48(62-39)13-11-29(23-50-5)17-33-42-38(61-47(3,4)45(33)60-46(48)58)22-37-43(44(42)57)36(56)16-27(2)59-37/h12,15-16,18-22,26,29,33,39,45,50,57H,6-11,13-14,17,23-25H2,1-5H3,(H2,49,54)(H,52,53)/p+1/t29-,33-,39-,45-,48-/m1/s1. The number of pyridine rings is 2. The van der Waals surface area contributed by atoms with E-state index in [0.717, 1.165) is 66.4 Å². The maximum atomic E-state index is 14.5. The van der Waals surface area contributed by atoms with Crippen molar-refractivity contribution < 1.29 is 33.4 Å². The van der Waals surface area contributed by atoms with Crippen LogP contribution in [-0.2, 0) is 27.2 Å². The van der Waals surface area contributed by atoms with Gasteiger partial charge in [-0.2, -0.15) is 0 Å². The van der Waals surface area contributed by atoms with Crippen molar-refractivity contribution in [1.82, 2.24) is 15.3 Å². The lowest BCUT2D eigenvalue weighted by molar-refractivity contribution is -0.852. The Labute approximate surface area is 361 Å². The molecule has 0 saturated carbocycles. The number of phenols is 1.